The van der Waals surface area contributed by atoms with Crippen molar-refractivity contribution in [2.24, 2.45) is 5.73 Å². The number of hydrogen-bond donors (Lipinski definition) is 2. The molecule has 1 aromatic rings. The Bertz CT molecular complexity index is 332. The molecule has 0 aliphatic rings. The minimum Gasteiger partial charge on any atom is -0.398 e. The van der Waals surface area contributed by atoms with Crippen LogP contribution in [0.5, 0.6) is 0 Å². The van der Waals surface area contributed by atoms with Gasteiger partial charge >= 0.3 is 0 Å². The zero-order valence-electron chi connectivity index (χ0n) is 7.55. The molecule has 0 amide bonds. The van der Waals surface area contributed by atoms with Crippen LogP contribution in [0.1, 0.15) is 11.1 Å². The molecular formula is C10H13ClN2. The van der Waals surface area contributed by atoms with E-state index in [2.05, 4.69) is 0 Å². The third-order valence-corrected chi connectivity index (χ3v) is 2.39. The highest BCUT2D eigenvalue weighted by molar-refractivity contribution is 6.33. The van der Waals surface area contributed by atoms with Gasteiger partial charge in [0, 0.05) is 12.2 Å². The molecule has 0 radical (unpaired) electrons. The van der Waals surface area contributed by atoms with Gasteiger partial charge in [-0.05, 0) is 24.1 Å². The van der Waals surface area contributed by atoms with E-state index >= 15 is 0 Å². The summed E-state index contributed by atoms with van der Waals surface area (Å²) in [5, 5.41) is 0.699. The van der Waals surface area contributed by atoms with Crippen molar-refractivity contribution < 1.29 is 0 Å². The largest absolute Gasteiger partial charge is 0.398 e. The van der Waals surface area contributed by atoms with E-state index in [1.54, 1.807) is 0 Å². The van der Waals surface area contributed by atoms with E-state index in [9.17, 15) is 0 Å². The Balaban J connectivity index is 3.11. The van der Waals surface area contributed by atoms with E-state index in [0.717, 1.165) is 16.8 Å². The Labute approximate surface area is 83.2 Å². The predicted octanol–water partition coefficient (Wildman–Crippen LogP) is 2.20. The molecule has 1 aromatic carbocycles. The second-order valence-electron chi connectivity index (χ2n) is 2.82. The summed E-state index contributed by atoms with van der Waals surface area (Å²) in [6, 6.07) is 3.73. The highest BCUT2D eigenvalue weighted by atomic mass is 35.5. The molecule has 13 heavy (non-hydrogen) atoms. The van der Waals surface area contributed by atoms with E-state index in [0.29, 0.717) is 11.6 Å². The van der Waals surface area contributed by atoms with Crippen LogP contribution >= 0.6 is 11.6 Å². The van der Waals surface area contributed by atoms with Gasteiger partial charge in [-0.1, -0.05) is 29.8 Å². The molecule has 0 saturated heterocycles. The van der Waals surface area contributed by atoms with Crippen LogP contribution in [0, 0.1) is 6.92 Å². The van der Waals surface area contributed by atoms with Crippen molar-refractivity contribution in [3.8, 4) is 0 Å². The minimum atomic E-state index is 0.514. The van der Waals surface area contributed by atoms with Gasteiger partial charge in [0.15, 0.2) is 0 Å². The number of nitrogens with two attached hydrogens (primary N) is 2. The zero-order chi connectivity index (χ0) is 9.84. The maximum absolute atomic E-state index is 6.06. The Morgan fingerprint density at radius 1 is 1.46 bits per heavy atom. The molecule has 4 N–H and O–H groups in total. The Hall–Kier alpha value is -0.990. The van der Waals surface area contributed by atoms with Gasteiger partial charge in [-0.25, -0.2) is 0 Å². The van der Waals surface area contributed by atoms with E-state index in [1.807, 2.05) is 31.2 Å². The summed E-state index contributed by atoms with van der Waals surface area (Å²) in [6.07, 6.45) is 3.76. The number of nitrogen functional groups attached to an aromatic ring is 1. The molecule has 70 valence electrons. The molecule has 0 bridgehead atoms. The number of hydrogen-bond acceptors (Lipinski definition) is 2. The maximum atomic E-state index is 6.06. The molecule has 2 nitrogen and oxygen atoms in total. The summed E-state index contributed by atoms with van der Waals surface area (Å²) < 4.78 is 0. The first-order chi connectivity index (χ1) is 6.16. The monoisotopic (exact) mass is 196 g/mol. The molecule has 0 spiro atoms. The number of halogens is 1. The van der Waals surface area contributed by atoms with E-state index in [4.69, 9.17) is 23.1 Å². The van der Waals surface area contributed by atoms with E-state index in [1.165, 1.54) is 0 Å². The van der Waals surface area contributed by atoms with Crippen LogP contribution in [0.3, 0.4) is 0 Å². The molecule has 3 heteroatoms. The van der Waals surface area contributed by atoms with Crippen LogP contribution in [-0.4, -0.2) is 6.54 Å². The third-order valence-electron chi connectivity index (χ3n) is 1.89. The fourth-order valence-corrected chi connectivity index (χ4v) is 1.28. The van der Waals surface area contributed by atoms with Crippen LogP contribution in [-0.2, 0) is 0 Å². The standard InChI is InChI=1S/C10H13ClN2/c1-7-9(13)5-4-8(10(7)11)3-2-6-12/h2-5H,6,12-13H2,1H3. The van der Waals surface area contributed by atoms with Crippen molar-refractivity contribution >= 4 is 23.4 Å². The van der Waals surface area contributed by atoms with Crippen LogP contribution in [0.2, 0.25) is 5.02 Å². The summed E-state index contributed by atoms with van der Waals surface area (Å²) in [5.41, 5.74) is 13.6. The van der Waals surface area contributed by atoms with Crippen molar-refractivity contribution in [2.75, 3.05) is 12.3 Å². The summed E-state index contributed by atoms with van der Waals surface area (Å²) in [7, 11) is 0. The normalized spacial score (nSPS) is 11.0. The molecular weight excluding hydrogens is 184 g/mol. The SMILES string of the molecule is Cc1c(N)ccc(C=CCN)c1Cl. The first-order valence-corrected chi connectivity index (χ1v) is 4.45. The molecule has 1 rings (SSSR count). The van der Waals surface area contributed by atoms with Gasteiger partial charge in [-0.15, -0.1) is 0 Å². The van der Waals surface area contributed by atoms with Crippen molar-refractivity contribution in [3.05, 3.63) is 34.4 Å². The maximum Gasteiger partial charge on any atom is 0.0527 e. The highest BCUT2D eigenvalue weighted by Crippen LogP contribution is 2.26. The number of rotatable bonds is 2. The number of benzene rings is 1. The first kappa shape index (κ1) is 10.1. The molecule has 0 aromatic heterocycles. The lowest BCUT2D eigenvalue weighted by Crippen LogP contribution is -1.94. The molecule has 0 aliphatic heterocycles. The Kier molecular flexibility index (Phi) is 3.34. The molecule has 0 unspecified atom stereocenters. The summed E-state index contributed by atoms with van der Waals surface area (Å²) in [5.74, 6) is 0. The van der Waals surface area contributed by atoms with Gasteiger partial charge in [0.25, 0.3) is 0 Å². The van der Waals surface area contributed by atoms with Crippen LogP contribution < -0.4 is 11.5 Å². The fraction of sp³-hybridized carbons (Fsp3) is 0.200. The average Bonchev–Trinajstić information content (AvgIpc) is 2.13. The van der Waals surface area contributed by atoms with Gasteiger partial charge < -0.3 is 11.5 Å². The molecule has 0 fully saturated rings. The van der Waals surface area contributed by atoms with Crippen molar-refractivity contribution in [1.29, 1.82) is 0 Å². The molecule has 0 aliphatic carbocycles. The van der Waals surface area contributed by atoms with Gasteiger partial charge in [0.05, 0.1) is 5.02 Å². The summed E-state index contributed by atoms with van der Waals surface area (Å²) in [4.78, 5) is 0. The first-order valence-electron chi connectivity index (χ1n) is 4.08. The Morgan fingerprint density at radius 3 is 2.77 bits per heavy atom. The summed E-state index contributed by atoms with van der Waals surface area (Å²) >= 11 is 6.06. The Morgan fingerprint density at radius 2 is 2.15 bits per heavy atom. The van der Waals surface area contributed by atoms with E-state index in [-0.39, 0.29) is 0 Å². The lowest BCUT2D eigenvalue weighted by Gasteiger charge is -2.05. The minimum absolute atomic E-state index is 0.514. The van der Waals surface area contributed by atoms with E-state index < -0.39 is 0 Å². The highest BCUT2D eigenvalue weighted by Gasteiger charge is 2.02. The van der Waals surface area contributed by atoms with Crippen molar-refractivity contribution in [3.63, 3.8) is 0 Å². The number of anilines is 1. The van der Waals surface area contributed by atoms with Crippen LogP contribution in [0.4, 0.5) is 5.69 Å². The zero-order valence-corrected chi connectivity index (χ0v) is 8.31. The predicted molar refractivity (Wildman–Crippen MR) is 58.7 cm³/mol. The van der Waals surface area contributed by atoms with Gasteiger partial charge in [-0.2, -0.15) is 0 Å². The summed E-state index contributed by atoms with van der Waals surface area (Å²) in [6.45, 7) is 2.41. The van der Waals surface area contributed by atoms with Crippen LogP contribution in [0.25, 0.3) is 6.08 Å². The van der Waals surface area contributed by atoms with Gasteiger partial charge in [-0.3, -0.25) is 0 Å². The molecule has 0 saturated carbocycles. The smallest absolute Gasteiger partial charge is 0.0527 e. The van der Waals surface area contributed by atoms with Crippen molar-refractivity contribution in [2.45, 2.75) is 6.92 Å². The topological polar surface area (TPSA) is 52.0 Å². The lowest BCUT2D eigenvalue weighted by molar-refractivity contribution is 1.26. The second-order valence-corrected chi connectivity index (χ2v) is 3.20. The van der Waals surface area contributed by atoms with Crippen LogP contribution in [0.15, 0.2) is 18.2 Å². The fourth-order valence-electron chi connectivity index (χ4n) is 1.04. The second kappa shape index (κ2) is 4.30. The average molecular weight is 197 g/mol. The van der Waals surface area contributed by atoms with Crippen molar-refractivity contribution in [1.82, 2.24) is 0 Å². The lowest BCUT2D eigenvalue weighted by atomic mass is 10.1. The molecule has 0 heterocycles. The molecule has 0 atom stereocenters. The van der Waals surface area contributed by atoms with Gasteiger partial charge in [0.1, 0.15) is 0 Å². The van der Waals surface area contributed by atoms with Gasteiger partial charge in [0.2, 0.25) is 0 Å². The third kappa shape index (κ3) is 2.23. The quantitative estimate of drug-likeness (QED) is 0.713.